The highest BCUT2D eigenvalue weighted by atomic mass is 35.5. The number of rotatable bonds is 4. The molecule has 1 aliphatic rings. The molecule has 0 saturated carbocycles. The van der Waals surface area contributed by atoms with Gasteiger partial charge in [-0.1, -0.05) is 23.7 Å². The van der Waals surface area contributed by atoms with Gasteiger partial charge in [0, 0.05) is 22.5 Å². The molecule has 1 amide bonds. The summed E-state index contributed by atoms with van der Waals surface area (Å²) >= 11 is 7.20. The number of ether oxygens (including phenoxy) is 2. The molecule has 0 aliphatic carbocycles. The van der Waals surface area contributed by atoms with Gasteiger partial charge in [-0.2, -0.15) is 13.2 Å². The Bertz CT molecular complexity index is 1090. The van der Waals surface area contributed by atoms with E-state index in [1.54, 1.807) is 24.3 Å². The van der Waals surface area contributed by atoms with Gasteiger partial charge < -0.3 is 9.47 Å². The lowest BCUT2D eigenvalue weighted by Crippen LogP contribution is -2.40. The van der Waals surface area contributed by atoms with Gasteiger partial charge in [0.05, 0.1) is 5.56 Å². The van der Waals surface area contributed by atoms with Crippen LogP contribution in [-0.4, -0.2) is 23.6 Å². The molecule has 156 valence electrons. The van der Waals surface area contributed by atoms with E-state index in [4.69, 9.17) is 21.1 Å². The fourth-order valence-corrected chi connectivity index (χ4v) is 3.88. The van der Waals surface area contributed by atoms with E-state index < -0.39 is 23.8 Å². The number of halogens is 4. The summed E-state index contributed by atoms with van der Waals surface area (Å²) in [5.41, 5.74) is -0.441. The van der Waals surface area contributed by atoms with Gasteiger partial charge in [0.1, 0.15) is 6.61 Å². The quantitative estimate of drug-likeness (QED) is 0.589. The van der Waals surface area contributed by atoms with Crippen LogP contribution in [-0.2, 0) is 17.4 Å². The van der Waals surface area contributed by atoms with Crippen LogP contribution in [0.3, 0.4) is 0 Å². The van der Waals surface area contributed by atoms with Crippen molar-refractivity contribution in [2.45, 2.75) is 18.7 Å². The molecule has 30 heavy (non-hydrogen) atoms. The SMILES string of the molecule is O=C(Nc1ncc(Cc2cc(C(F)(F)F)ccc2Cl)s1)[C@@H]1COc2ccccc2O1. The van der Waals surface area contributed by atoms with Crippen molar-refractivity contribution < 1.29 is 27.4 Å². The number of hydrogen-bond donors (Lipinski definition) is 1. The number of fused-ring (bicyclic) bond motifs is 1. The molecule has 1 N–H and O–H groups in total. The molecule has 0 unspecified atom stereocenters. The minimum Gasteiger partial charge on any atom is -0.485 e. The average molecular weight is 455 g/mol. The topological polar surface area (TPSA) is 60.5 Å². The molecule has 0 fully saturated rings. The minimum absolute atomic E-state index is 0.0565. The second-order valence-electron chi connectivity index (χ2n) is 6.47. The van der Waals surface area contributed by atoms with Gasteiger partial charge in [-0.3, -0.25) is 10.1 Å². The number of carbonyl (C=O) groups excluding carboxylic acids is 1. The normalized spacial score (nSPS) is 15.7. The van der Waals surface area contributed by atoms with E-state index in [2.05, 4.69) is 10.3 Å². The second kappa shape index (κ2) is 8.16. The summed E-state index contributed by atoms with van der Waals surface area (Å²) in [5, 5.41) is 3.19. The Morgan fingerprint density at radius 2 is 2.00 bits per heavy atom. The molecule has 3 aromatic rings. The maximum absolute atomic E-state index is 12.9. The highest BCUT2D eigenvalue weighted by Crippen LogP contribution is 2.34. The number of para-hydroxylation sites is 2. The zero-order valence-electron chi connectivity index (χ0n) is 15.2. The third-order valence-corrected chi connectivity index (χ3v) is 5.60. The summed E-state index contributed by atoms with van der Waals surface area (Å²) in [6, 6.07) is 10.2. The highest BCUT2D eigenvalue weighted by Gasteiger charge is 2.31. The van der Waals surface area contributed by atoms with Gasteiger partial charge in [0.15, 0.2) is 16.6 Å². The van der Waals surface area contributed by atoms with Crippen LogP contribution in [0.25, 0.3) is 0 Å². The summed E-state index contributed by atoms with van der Waals surface area (Å²) in [5.74, 6) is 0.612. The van der Waals surface area contributed by atoms with Crippen LogP contribution in [0.2, 0.25) is 5.02 Å². The molecule has 1 atom stereocenters. The van der Waals surface area contributed by atoms with Crippen molar-refractivity contribution in [3.63, 3.8) is 0 Å². The molecule has 4 rings (SSSR count). The molecule has 1 aliphatic heterocycles. The molecular formula is C20H14ClF3N2O3S. The van der Waals surface area contributed by atoms with E-state index in [-0.39, 0.29) is 18.1 Å². The van der Waals surface area contributed by atoms with Crippen molar-refractivity contribution in [1.29, 1.82) is 0 Å². The summed E-state index contributed by atoms with van der Waals surface area (Å²) in [4.78, 5) is 17.2. The number of thiazole rings is 1. The first-order valence-electron chi connectivity index (χ1n) is 8.79. The monoisotopic (exact) mass is 454 g/mol. The molecule has 2 aromatic carbocycles. The maximum atomic E-state index is 12.9. The van der Waals surface area contributed by atoms with Gasteiger partial charge in [-0.15, -0.1) is 11.3 Å². The highest BCUT2D eigenvalue weighted by molar-refractivity contribution is 7.15. The first-order chi connectivity index (χ1) is 14.3. The molecule has 5 nitrogen and oxygen atoms in total. The Morgan fingerprint density at radius 3 is 2.77 bits per heavy atom. The molecule has 0 spiro atoms. The molecule has 10 heteroatoms. The Hall–Kier alpha value is -2.78. The van der Waals surface area contributed by atoms with Crippen LogP contribution >= 0.6 is 22.9 Å². The lowest BCUT2D eigenvalue weighted by Gasteiger charge is -2.25. The second-order valence-corrected chi connectivity index (χ2v) is 7.99. The Kier molecular flexibility index (Phi) is 5.57. The van der Waals surface area contributed by atoms with Crippen molar-refractivity contribution >= 4 is 34.0 Å². The van der Waals surface area contributed by atoms with Crippen LogP contribution in [0.1, 0.15) is 16.0 Å². The van der Waals surface area contributed by atoms with E-state index in [0.29, 0.717) is 27.1 Å². The Morgan fingerprint density at radius 1 is 1.23 bits per heavy atom. The third kappa shape index (κ3) is 4.52. The lowest BCUT2D eigenvalue weighted by molar-refractivity contribution is -0.137. The van der Waals surface area contributed by atoms with Gasteiger partial charge >= 0.3 is 6.18 Å². The largest absolute Gasteiger partial charge is 0.485 e. The maximum Gasteiger partial charge on any atom is 0.416 e. The van der Waals surface area contributed by atoms with Gasteiger partial charge in [-0.25, -0.2) is 4.98 Å². The first kappa shape index (κ1) is 20.5. The number of hydrogen-bond acceptors (Lipinski definition) is 5. The third-order valence-electron chi connectivity index (χ3n) is 4.32. The Labute approximate surface area is 178 Å². The number of nitrogens with zero attached hydrogens (tertiary/aromatic N) is 1. The number of benzene rings is 2. The number of amides is 1. The summed E-state index contributed by atoms with van der Waals surface area (Å²) < 4.78 is 50.0. The zero-order chi connectivity index (χ0) is 21.3. The van der Waals surface area contributed by atoms with E-state index >= 15 is 0 Å². The van der Waals surface area contributed by atoms with E-state index in [1.165, 1.54) is 12.3 Å². The number of aromatic nitrogens is 1. The van der Waals surface area contributed by atoms with Crippen LogP contribution < -0.4 is 14.8 Å². The predicted octanol–water partition coefficient (Wildman–Crippen LogP) is 5.18. The molecular weight excluding hydrogens is 441 g/mol. The summed E-state index contributed by atoms with van der Waals surface area (Å²) in [7, 11) is 0. The molecule has 0 bridgehead atoms. The van der Waals surface area contributed by atoms with Gasteiger partial charge in [0.25, 0.3) is 5.91 Å². The number of alkyl halides is 3. The smallest absolute Gasteiger partial charge is 0.416 e. The summed E-state index contributed by atoms with van der Waals surface area (Å²) in [6.07, 6.45) is -3.64. The predicted molar refractivity (Wildman–Crippen MR) is 106 cm³/mol. The van der Waals surface area contributed by atoms with Crippen molar-refractivity contribution in [1.82, 2.24) is 4.98 Å². The van der Waals surface area contributed by atoms with E-state index in [9.17, 15) is 18.0 Å². The molecule has 0 radical (unpaired) electrons. The number of carbonyl (C=O) groups is 1. The molecule has 1 aromatic heterocycles. The van der Waals surface area contributed by atoms with Gasteiger partial charge in [0.2, 0.25) is 6.10 Å². The van der Waals surface area contributed by atoms with Crippen molar-refractivity contribution in [3.05, 3.63) is 69.7 Å². The van der Waals surface area contributed by atoms with Gasteiger partial charge in [-0.05, 0) is 35.9 Å². The number of nitrogens with one attached hydrogen (secondary N) is 1. The summed E-state index contributed by atoms with van der Waals surface area (Å²) in [6.45, 7) is 0.0565. The zero-order valence-corrected chi connectivity index (χ0v) is 16.8. The number of anilines is 1. The fourth-order valence-electron chi connectivity index (χ4n) is 2.86. The van der Waals surface area contributed by atoms with Crippen LogP contribution in [0.5, 0.6) is 11.5 Å². The fraction of sp³-hybridized carbons (Fsp3) is 0.200. The Balaban J connectivity index is 1.42. The van der Waals surface area contributed by atoms with Crippen molar-refractivity contribution in [2.75, 3.05) is 11.9 Å². The van der Waals surface area contributed by atoms with Crippen LogP contribution in [0.4, 0.5) is 18.3 Å². The molecule has 2 heterocycles. The lowest BCUT2D eigenvalue weighted by atomic mass is 10.1. The first-order valence-corrected chi connectivity index (χ1v) is 9.99. The van der Waals surface area contributed by atoms with E-state index in [0.717, 1.165) is 23.5 Å². The van der Waals surface area contributed by atoms with Crippen LogP contribution in [0, 0.1) is 0 Å². The molecule has 0 saturated heterocycles. The standard InChI is InChI=1S/C20H14ClF3N2O3S/c21-14-6-5-12(20(22,23)24)7-11(14)8-13-9-25-19(30-13)26-18(27)17-10-28-15-3-1-2-4-16(15)29-17/h1-7,9,17H,8,10H2,(H,25,26,27)/t17-/m0/s1. The minimum atomic E-state index is -4.45. The van der Waals surface area contributed by atoms with Crippen molar-refractivity contribution in [3.8, 4) is 11.5 Å². The van der Waals surface area contributed by atoms with Crippen molar-refractivity contribution in [2.24, 2.45) is 0 Å². The van der Waals surface area contributed by atoms with E-state index in [1.807, 2.05) is 0 Å². The van der Waals surface area contributed by atoms with Crippen LogP contribution in [0.15, 0.2) is 48.7 Å². The average Bonchev–Trinajstić information content (AvgIpc) is 3.15.